The van der Waals surface area contributed by atoms with Crippen molar-refractivity contribution in [3.8, 4) is 0 Å². The minimum Gasteiger partial charge on any atom is -0.340 e. The first-order valence-electron chi connectivity index (χ1n) is 8.76. The summed E-state index contributed by atoms with van der Waals surface area (Å²) >= 11 is 0. The fraction of sp³-hybridized carbons (Fsp3) is 0.474. The maximum absolute atomic E-state index is 14.0. The average molecular weight is 327 g/mol. The van der Waals surface area contributed by atoms with Crippen LogP contribution in [0.5, 0.6) is 0 Å². The molecule has 1 aromatic carbocycles. The topological polar surface area (TPSA) is 38.1 Å². The molecule has 1 atom stereocenters. The Morgan fingerprint density at radius 3 is 2.79 bits per heavy atom. The fourth-order valence-corrected chi connectivity index (χ4v) is 3.56. The number of aromatic nitrogens is 2. The van der Waals surface area contributed by atoms with Crippen LogP contribution in [0.25, 0.3) is 0 Å². The standard InChI is InChI=1S/C19H22FN3O/c20-17-6-2-1-5-16(17)15-4-3-10-22(12-15)19(24)13-23-11-9-18(21-23)14-7-8-14/h1-2,5-6,9,11,14-15H,3-4,7-8,10,12-13H2. The van der Waals surface area contributed by atoms with Crippen molar-refractivity contribution in [1.82, 2.24) is 14.7 Å². The van der Waals surface area contributed by atoms with Crippen LogP contribution in [0.4, 0.5) is 4.39 Å². The first-order valence-corrected chi connectivity index (χ1v) is 8.76. The lowest BCUT2D eigenvalue weighted by molar-refractivity contribution is -0.133. The van der Waals surface area contributed by atoms with Crippen molar-refractivity contribution >= 4 is 5.91 Å². The number of hydrogen-bond acceptors (Lipinski definition) is 2. The second kappa shape index (κ2) is 6.38. The molecule has 24 heavy (non-hydrogen) atoms. The number of carbonyl (C=O) groups is 1. The molecule has 1 unspecified atom stereocenters. The Balaban J connectivity index is 1.41. The van der Waals surface area contributed by atoms with Crippen molar-refractivity contribution in [2.75, 3.05) is 13.1 Å². The molecule has 0 N–H and O–H groups in total. The highest BCUT2D eigenvalue weighted by Crippen LogP contribution is 2.38. The SMILES string of the molecule is O=C(Cn1ccc(C2CC2)n1)N1CCCC(c2ccccc2F)C1. The number of hydrogen-bond donors (Lipinski definition) is 0. The van der Waals surface area contributed by atoms with Crippen molar-refractivity contribution < 1.29 is 9.18 Å². The zero-order valence-corrected chi connectivity index (χ0v) is 13.7. The highest BCUT2D eigenvalue weighted by molar-refractivity contribution is 5.76. The molecule has 0 radical (unpaired) electrons. The van der Waals surface area contributed by atoms with Gasteiger partial charge in [0.1, 0.15) is 12.4 Å². The van der Waals surface area contributed by atoms with Crippen LogP contribution < -0.4 is 0 Å². The lowest BCUT2D eigenvalue weighted by Gasteiger charge is -2.33. The van der Waals surface area contributed by atoms with Crippen LogP contribution in [-0.2, 0) is 11.3 Å². The van der Waals surface area contributed by atoms with Gasteiger partial charge < -0.3 is 4.90 Å². The number of amides is 1. The number of halogens is 1. The molecule has 1 aromatic heterocycles. The molecule has 4 rings (SSSR count). The van der Waals surface area contributed by atoms with Crippen LogP contribution in [0.15, 0.2) is 36.5 Å². The van der Waals surface area contributed by atoms with Gasteiger partial charge in [0, 0.05) is 31.1 Å². The Bertz CT molecular complexity index is 738. The summed E-state index contributed by atoms with van der Waals surface area (Å²) in [5.74, 6) is 0.588. The first-order chi connectivity index (χ1) is 11.7. The van der Waals surface area contributed by atoms with Gasteiger partial charge in [-0.25, -0.2) is 4.39 Å². The number of piperidine rings is 1. The molecule has 126 valence electrons. The van der Waals surface area contributed by atoms with Gasteiger partial charge in [0.25, 0.3) is 0 Å². The van der Waals surface area contributed by atoms with E-state index < -0.39 is 0 Å². The van der Waals surface area contributed by atoms with E-state index >= 15 is 0 Å². The van der Waals surface area contributed by atoms with Crippen LogP contribution in [0.3, 0.4) is 0 Å². The zero-order chi connectivity index (χ0) is 16.5. The van der Waals surface area contributed by atoms with Gasteiger partial charge in [-0.05, 0) is 43.4 Å². The van der Waals surface area contributed by atoms with Crippen LogP contribution in [0.2, 0.25) is 0 Å². The van der Waals surface area contributed by atoms with E-state index in [0.717, 1.165) is 30.6 Å². The Labute approximate surface area is 141 Å². The van der Waals surface area contributed by atoms with Gasteiger partial charge in [-0.15, -0.1) is 0 Å². The van der Waals surface area contributed by atoms with Crippen molar-refractivity contribution in [2.24, 2.45) is 0 Å². The molecule has 0 spiro atoms. The number of rotatable bonds is 4. The molecular formula is C19H22FN3O. The van der Waals surface area contributed by atoms with E-state index in [4.69, 9.17) is 0 Å². The maximum atomic E-state index is 14.0. The third-order valence-corrected chi connectivity index (χ3v) is 5.07. The molecule has 2 aromatic rings. The summed E-state index contributed by atoms with van der Waals surface area (Å²) in [6.45, 7) is 1.62. The molecule has 1 saturated carbocycles. The summed E-state index contributed by atoms with van der Waals surface area (Å²) in [6, 6.07) is 8.92. The van der Waals surface area contributed by atoms with Crippen LogP contribution in [0, 0.1) is 5.82 Å². The predicted octanol–water partition coefficient (Wildman–Crippen LogP) is 3.31. The van der Waals surface area contributed by atoms with Crippen LogP contribution in [-0.4, -0.2) is 33.7 Å². The number of carbonyl (C=O) groups excluding carboxylic acids is 1. The minimum absolute atomic E-state index is 0.0708. The molecule has 2 fully saturated rings. The lowest BCUT2D eigenvalue weighted by atomic mass is 9.90. The molecule has 0 bridgehead atoms. The summed E-state index contributed by atoms with van der Waals surface area (Å²) < 4.78 is 15.8. The van der Waals surface area contributed by atoms with Gasteiger partial charge >= 0.3 is 0 Å². The Morgan fingerprint density at radius 2 is 2.00 bits per heavy atom. The van der Waals surface area contributed by atoms with E-state index in [0.29, 0.717) is 12.5 Å². The Kier molecular flexibility index (Phi) is 4.08. The molecule has 1 amide bonds. The van der Waals surface area contributed by atoms with Crippen LogP contribution in [0.1, 0.15) is 48.8 Å². The predicted molar refractivity (Wildman–Crippen MR) is 89.2 cm³/mol. The number of benzene rings is 1. The van der Waals surface area contributed by atoms with Gasteiger partial charge in [-0.2, -0.15) is 5.10 Å². The number of nitrogens with zero attached hydrogens (tertiary/aromatic N) is 3. The van der Waals surface area contributed by atoms with E-state index in [2.05, 4.69) is 5.10 Å². The molecule has 2 heterocycles. The summed E-state index contributed by atoms with van der Waals surface area (Å²) in [5.41, 5.74) is 1.83. The molecular weight excluding hydrogens is 305 g/mol. The van der Waals surface area contributed by atoms with Crippen LogP contribution >= 0.6 is 0 Å². The monoisotopic (exact) mass is 327 g/mol. The molecule has 1 aliphatic heterocycles. The van der Waals surface area contributed by atoms with Crippen molar-refractivity contribution in [3.63, 3.8) is 0 Å². The van der Waals surface area contributed by atoms with E-state index in [9.17, 15) is 9.18 Å². The second-order valence-corrected chi connectivity index (χ2v) is 6.91. The quantitative estimate of drug-likeness (QED) is 0.864. The summed E-state index contributed by atoms with van der Waals surface area (Å²) in [4.78, 5) is 14.5. The third-order valence-electron chi connectivity index (χ3n) is 5.07. The Hall–Kier alpha value is -2.17. The van der Waals surface area contributed by atoms with Crippen molar-refractivity contribution in [2.45, 2.75) is 44.1 Å². The van der Waals surface area contributed by atoms with Crippen molar-refractivity contribution in [3.05, 3.63) is 53.6 Å². The normalized spacial score (nSPS) is 21.0. The maximum Gasteiger partial charge on any atom is 0.244 e. The molecule has 1 saturated heterocycles. The minimum atomic E-state index is -0.169. The van der Waals surface area contributed by atoms with E-state index in [1.54, 1.807) is 10.7 Å². The van der Waals surface area contributed by atoms with Gasteiger partial charge in [0.15, 0.2) is 0 Å². The van der Waals surface area contributed by atoms with Crippen molar-refractivity contribution in [1.29, 1.82) is 0 Å². The van der Waals surface area contributed by atoms with E-state index in [1.807, 2.05) is 29.3 Å². The summed E-state index contributed by atoms with van der Waals surface area (Å²) in [5, 5.41) is 4.51. The fourth-order valence-electron chi connectivity index (χ4n) is 3.56. The van der Waals surface area contributed by atoms with Gasteiger partial charge in [-0.1, -0.05) is 18.2 Å². The smallest absolute Gasteiger partial charge is 0.244 e. The van der Waals surface area contributed by atoms with Gasteiger partial charge in [-0.3, -0.25) is 9.48 Å². The highest BCUT2D eigenvalue weighted by Gasteiger charge is 2.28. The molecule has 4 nitrogen and oxygen atoms in total. The molecule has 5 heteroatoms. The Morgan fingerprint density at radius 1 is 1.17 bits per heavy atom. The van der Waals surface area contributed by atoms with E-state index in [1.165, 1.54) is 18.9 Å². The largest absolute Gasteiger partial charge is 0.340 e. The van der Waals surface area contributed by atoms with Gasteiger partial charge in [0.05, 0.1) is 5.69 Å². The van der Waals surface area contributed by atoms with E-state index in [-0.39, 0.29) is 24.2 Å². The average Bonchev–Trinajstić information content (AvgIpc) is 3.35. The van der Waals surface area contributed by atoms with Gasteiger partial charge in [0.2, 0.25) is 5.91 Å². The highest BCUT2D eigenvalue weighted by atomic mass is 19.1. The first kappa shape index (κ1) is 15.4. The zero-order valence-electron chi connectivity index (χ0n) is 13.7. The molecule has 1 aliphatic carbocycles. The lowest BCUT2D eigenvalue weighted by Crippen LogP contribution is -2.41. The molecule has 2 aliphatic rings. The summed E-state index contributed by atoms with van der Waals surface area (Å²) in [6.07, 6.45) is 6.15. The third kappa shape index (κ3) is 3.21. The second-order valence-electron chi connectivity index (χ2n) is 6.91. The summed E-state index contributed by atoms with van der Waals surface area (Å²) in [7, 11) is 0. The number of likely N-dealkylation sites (tertiary alicyclic amines) is 1.